The van der Waals surface area contributed by atoms with Crippen molar-refractivity contribution < 1.29 is 12.8 Å². The van der Waals surface area contributed by atoms with Crippen molar-refractivity contribution in [3.63, 3.8) is 0 Å². The molecule has 0 saturated carbocycles. The zero-order valence-electron chi connectivity index (χ0n) is 11.0. The molecule has 2 rings (SSSR count). The van der Waals surface area contributed by atoms with Crippen LogP contribution in [-0.4, -0.2) is 14.7 Å². The third-order valence-electron chi connectivity index (χ3n) is 2.90. The van der Waals surface area contributed by atoms with Gasteiger partial charge in [-0.1, -0.05) is 13.0 Å². The predicted octanol–water partition coefficient (Wildman–Crippen LogP) is 3.25. The summed E-state index contributed by atoms with van der Waals surface area (Å²) in [6, 6.07) is 10.6. The molecule has 1 aromatic heterocycles. The van der Waals surface area contributed by atoms with Gasteiger partial charge in [0, 0.05) is 11.9 Å². The van der Waals surface area contributed by atoms with Crippen LogP contribution in [0, 0.1) is 0 Å². The lowest BCUT2D eigenvalue weighted by Crippen LogP contribution is -2.09. The number of hydrogen-bond acceptors (Lipinski definition) is 4. The molecule has 1 atom stereocenters. The molecule has 0 fully saturated rings. The highest BCUT2D eigenvalue weighted by Crippen LogP contribution is 2.24. The van der Waals surface area contributed by atoms with Crippen LogP contribution in [0.2, 0.25) is 0 Å². The molecule has 1 aromatic carbocycles. The minimum Gasteiger partial charge on any atom is -0.467 e. The molecule has 4 nitrogen and oxygen atoms in total. The van der Waals surface area contributed by atoms with Gasteiger partial charge in [-0.2, -0.15) is 0 Å². The van der Waals surface area contributed by atoms with Gasteiger partial charge in [0.05, 0.1) is 17.2 Å². The van der Waals surface area contributed by atoms with Crippen LogP contribution in [-0.2, 0) is 9.84 Å². The molecule has 0 saturated heterocycles. The second kappa shape index (κ2) is 5.48. The van der Waals surface area contributed by atoms with Crippen molar-refractivity contribution in [1.29, 1.82) is 0 Å². The molecule has 0 radical (unpaired) electrons. The highest BCUT2D eigenvalue weighted by molar-refractivity contribution is 7.90. The highest BCUT2D eigenvalue weighted by Gasteiger charge is 2.13. The number of hydrogen-bond donors (Lipinski definition) is 1. The topological polar surface area (TPSA) is 59.3 Å². The Bertz CT molecular complexity index is 632. The minimum atomic E-state index is -3.19. The molecule has 0 aliphatic heterocycles. The average Bonchev–Trinajstić information content (AvgIpc) is 2.89. The van der Waals surface area contributed by atoms with Crippen LogP contribution in [0.4, 0.5) is 5.69 Å². The molecular weight excluding hydrogens is 262 g/mol. The first kappa shape index (κ1) is 13.7. The summed E-state index contributed by atoms with van der Waals surface area (Å²) < 4.78 is 28.4. The Morgan fingerprint density at radius 1 is 1.26 bits per heavy atom. The first-order valence-electron chi connectivity index (χ1n) is 6.10. The molecule has 5 heteroatoms. The first-order valence-corrected chi connectivity index (χ1v) is 8.00. The Hall–Kier alpha value is -1.75. The van der Waals surface area contributed by atoms with Crippen LogP contribution in [0.3, 0.4) is 0 Å². The lowest BCUT2D eigenvalue weighted by atomic mass is 10.1. The molecule has 2 aromatic rings. The molecular formula is C14H17NO3S. The largest absolute Gasteiger partial charge is 0.467 e. The molecule has 0 aliphatic rings. The van der Waals surface area contributed by atoms with Crippen molar-refractivity contribution in [3.05, 3.63) is 48.4 Å². The van der Waals surface area contributed by atoms with Crippen LogP contribution in [0.1, 0.15) is 25.1 Å². The fourth-order valence-corrected chi connectivity index (χ4v) is 2.55. The summed E-state index contributed by atoms with van der Waals surface area (Å²) in [5.41, 5.74) is 0.770. The maximum atomic E-state index is 11.5. The molecule has 0 aliphatic carbocycles. The Kier molecular flexibility index (Phi) is 3.95. The summed E-state index contributed by atoms with van der Waals surface area (Å²) in [5.74, 6) is 0.840. The van der Waals surface area contributed by atoms with Gasteiger partial charge in [-0.3, -0.25) is 0 Å². The van der Waals surface area contributed by atoms with E-state index in [0.717, 1.165) is 17.9 Å². The van der Waals surface area contributed by atoms with Crippen LogP contribution in [0.5, 0.6) is 0 Å². The van der Waals surface area contributed by atoms with Crippen LogP contribution in [0.15, 0.2) is 52.0 Å². The Morgan fingerprint density at radius 3 is 2.63 bits per heavy atom. The lowest BCUT2D eigenvalue weighted by molar-refractivity contribution is 0.474. The van der Waals surface area contributed by atoms with Gasteiger partial charge in [0.1, 0.15) is 5.76 Å². The second-order valence-corrected chi connectivity index (χ2v) is 6.44. The summed E-state index contributed by atoms with van der Waals surface area (Å²) in [6.45, 7) is 2.04. The molecule has 1 heterocycles. The number of furan rings is 1. The van der Waals surface area contributed by atoms with Crippen molar-refractivity contribution in [3.8, 4) is 0 Å². The normalized spacial score (nSPS) is 13.2. The summed E-state index contributed by atoms with van der Waals surface area (Å²) in [6.07, 6.45) is 3.68. The third-order valence-corrected chi connectivity index (χ3v) is 4.01. The van der Waals surface area contributed by atoms with E-state index >= 15 is 0 Å². The van der Waals surface area contributed by atoms with E-state index in [9.17, 15) is 8.42 Å². The lowest BCUT2D eigenvalue weighted by Gasteiger charge is -2.16. The van der Waals surface area contributed by atoms with Gasteiger partial charge in [0.2, 0.25) is 0 Å². The van der Waals surface area contributed by atoms with Gasteiger partial charge in [-0.25, -0.2) is 8.42 Å². The van der Waals surface area contributed by atoms with Crippen LogP contribution in [0.25, 0.3) is 0 Å². The third kappa shape index (κ3) is 3.38. The van der Waals surface area contributed by atoms with Gasteiger partial charge in [0.15, 0.2) is 9.84 Å². The summed E-state index contributed by atoms with van der Waals surface area (Å²) in [5, 5.41) is 3.29. The van der Waals surface area contributed by atoms with Crippen LogP contribution >= 0.6 is 0 Å². The Balaban J connectivity index is 2.23. The van der Waals surface area contributed by atoms with Gasteiger partial charge < -0.3 is 9.73 Å². The smallest absolute Gasteiger partial charge is 0.175 e. The van der Waals surface area contributed by atoms with Gasteiger partial charge in [0.25, 0.3) is 0 Å². The molecule has 0 spiro atoms. The van der Waals surface area contributed by atoms with E-state index < -0.39 is 9.84 Å². The zero-order chi connectivity index (χ0) is 13.9. The van der Waals surface area contributed by atoms with Crippen molar-refractivity contribution in [2.24, 2.45) is 0 Å². The molecule has 0 amide bonds. The summed E-state index contributed by atoms with van der Waals surface area (Å²) >= 11 is 0. The molecule has 102 valence electrons. The van der Waals surface area contributed by atoms with Crippen molar-refractivity contribution in [2.45, 2.75) is 24.3 Å². The van der Waals surface area contributed by atoms with E-state index in [1.54, 1.807) is 24.5 Å². The Labute approximate surface area is 113 Å². The average molecular weight is 279 g/mol. The highest BCUT2D eigenvalue weighted by atomic mass is 32.2. The van der Waals surface area contributed by atoms with E-state index in [4.69, 9.17) is 4.42 Å². The van der Waals surface area contributed by atoms with E-state index in [-0.39, 0.29) is 6.04 Å². The van der Waals surface area contributed by atoms with Crippen LogP contribution < -0.4 is 5.32 Å². The van der Waals surface area contributed by atoms with Gasteiger partial charge in [-0.05, 0) is 36.8 Å². The number of sulfone groups is 1. The molecule has 1 N–H and O–H groups in total. The standard InChI is InChI=1S/C14H17NO3S/c1-3-13(14-8-5-9-18-14)15-11-6-4-7-12(10-11)19(2,16)17/h4-10,13,15H,3H2,1-2H3. The monoisotopic (exact) mass is 279 g/mol. The first-order chi connectivity index (χ1) is 9.00. The molecule has 19 heavy (non-hydrogen) atoms. The van der Waals surface area contributed by atoms with Crippen molar-refractivity contribution in [2.75, 3.05) is 11.6 Å². The van der Waals surface area contributed by atoms with E-state index in [1.165, 1.54) is 6.26 Å². The number of anilines is 1. The summed E-state index contributed by atoms with van der Waals surface area (Å²) in [4.78, 5) is 0.312. The SMILES string of the molecule is CCC(Nc1cccc(S(C)(=O)=O)c1)c1ccco1. The van der Waals surface area contributed by atoms with E-state index in [2.05, 4.69) is 5.32 Å². The van der Waals surface area contributed by atoms with E-state index in [0.29, 0.717) is 4.90 Å². The number of nitrogens with one attached hydrogen (secondary N) is 1. The quantitative estimate of drug-likeness (QED) is 0.912. The number of benzene rings is 1. The minimum absolute atomic E-state index is 0.0322. The van der Waals surface area contributed by atoms with Crippen molar-refractivity contribution in [1.82, 2.24) is 0 Å². The van der Waals surface area contributed by atoms with E-state index in [1.807, 2.05) is 25.1 Å². The maximum Gasteiger partial charge on any atom is 0.175 e. The van der Waals surface area contributed by atoms with Gasteiger partial charge >= 0.3 is 0 Å². The molecule has 1 unspecified atom stereocenters. The predicted molar refractivity (Wildman–Crippen MR) is 74.9 cm³/mol. The van der Waals surface area contributed by atoms with Crippen molar-refractivity contribution >= 4 is 15.5 Å². The Morgan fingerprint density at radius 2 is 2.05 bits per heavy atom. The molecule has 0 bridgehead atoms. The number of rotatable bonds is 5. The maximum absolute atomic E-state index is 11.5. The fraction of sp³-hybridized carbons (Fsp3) is 0.286. The zero-order valence-corrected chi connectivity index (χ0v) is 11.8. The van der Waals surface area contributed by atoms with Gasteiger partial charge in [-0.15, -0.1) is 0 Å². The second-order valence-electron chi connectivity index (χ2n) is 4.42. The summed E-state index contributed by atoms with van der Waals surface area (Å²) in [7, 11) is -3.19. The fourth-order valence-electron chi connectivity index (χ4n) is 1.88.